The molecule has 1 N–H and O–H groups in total. The highest BCUT2D eigenvalue weighted by Gasteiger charge is 2.19. The van der Waals surface area contributed by atoms with Gasteiger partial charge in [-0.15, -0.1) is 0 Å². The van der Waals surface area contributed by atoms with Gasteiger partial charge in [0.15, 0.2) is 11.5 Å². The third-order valence-corrected chi connectivity index (χ3v) is 3.31. The van der Waals surface area contributed by atoms with Crippen molar-refractivity contribution in [3.05, 3.63) is 22.7 Å². The van der Waals surface area contributed by atoms with Gasteiger partial charge in [-0.3, -0.25) is 0 Å². The van der Waals surface area contributed by atoms with Gasteiger partial charge >= 0.3 is 0 Å². The number of methoxy groups -OCH3 is 1. The molecule has 0 radical (unpaired) electrons. The number of hydrogen-bond donors (Lipinski definition) is 1. The first-order chi connectivity index (χ1) is 8.60. The zero-order chi connectivity index (χ0) is 13.1. The van der Waals surface area contributed by atoms with Crippen LogP contribution in [0.2, 0.25) is 5.02 Å². The van der Waals surface area contributed by atoms with Crippen LogP contribution in [0.15, 0.2) is 12.1 Å². The monoisotopic (exact) mass is 269 g/mol. The Morgan fingerprint density at radius 3 is 2.61 bits per heavy atom. The first kappa shape index (κ1) is 13.5. The predicted molar refractivity (Wildman–Crippen MR) is 73.8 cm³/mol. The zero-order valence-electron chi connectivity index (χ0n) is 11.1. The molecule has 1 aromatic carbocycles. The van der Waals surface area contributed by atoms with Gasteiger partial charge in [-0.1, -0.05) is 11.6 Å². The first-order valence-corrected chi connectivity index (χ1v) is 6.71. The lowest BCUT2D eigenvalue weighted by atomic mass is 9.94. The highest BCUT2D eigenvalue weighted by molar-refractivity contribution is 6.32. The third kappa shape index (κ3) is 3.09. The van der Waals surface area contributed by atoms with Crippen molar-refractivity contribution in [3.8, 4) is 11.5 Å². The molecule has 1 aliphatic heterocycles. The molecule has 4 heteroatoms. The summed E-state index contributed by atoms with van der Waals surface area (Å²) in [5, 5.41) is 3.90. The molecule has 1 heterocycles. The highest BCUT2D eigenvalue weighted by atomic mass is 35.5. The van der Waals surface area contributed by atoms with Crippen LogP contribution < -0.4 is 14.8 Å². The van der Waals surface area contributed by atoms with Crippen LogP contribution in [0.3, 0.4) is 0 Å². The maximum atomic E-state index is 6.28. The molecule has 0 bridgehead atoms. The number of hydrogen-bond acceptors (Lipinski definition) is 3. The van der Waals surface area contributed by atoms with E-state index < -0.39 is 0 Å². The molecule has 100 valence electrons. The van der Waals surface area contributed by atoms with E-state index >= 15 is 0 Å². The summed E-state index contributed by atoms with van der Waals surface area (Å²) >= 11 is 6.28. The van der Waals surface area contributed by atoms with Crippen molar-refractivity contribution in [1.82, 2.24) is 5.32 Å². The summed E-state index contributed by atoms with van der Waals surface area (Å²) in [4.78, 5) is 0. The number of nitrogens with one attached hydrogen (secondary N) is 1. The van der Waals surface area contributed by atoms with E-state index in [9.17, 15) is 0 Å². The number of rotatable bonds is 5. The maximum absolute atomic E-state index is 6.28. The van der Waals surface area contributed by atoms with Gasteiger partial charge in [0, 0.05) is 0 Å². The lowest BCUT2D eigenvalue weighted by molar-refractivity contribution is 0.230. The molecule has 0 aromatic heterocycles. The smallest absolute Gasteiger partial charge is 0.180 e. The fourth-order valence-corrected chi connectivity index (χ4v) is 2.35. The van der Waals surface area contributed by atoms with Crippen LogP contribution >= 0.6 is 11.6 Å². The molecule has 0 saturated carbocycles. The summed E-state index contributed by atoms with van der Waals surface area (Å²) in [6, 6.07) is 4.02. The number of benzene rings is 1. The molecule has 0 aliphatic carbocycles. The fraction of sp³-hybridized carbons (Fsp3) is 0.571. The molecular weight excluding hydrogens is 250 g/mol. The van der Waals surface area contributed by atoms with Gasteiger partial charge in [0.2, 0.25) is 0 Å². The molecule has 1 fully saturated rings. The van der Waals surface area contributed by atoms with Gasteiger partial charge in [-0.2, -0.15) is 0 Å². The van der Waals surface area contributed by atoms with E-state index in [1.165, 1.54) is 5.56 Å². The van der Waals surface area contributed by atoms with Gasteiger partial charge in [-0.25, -0.2) is 0 Å². The van der Waals surface area contributed by atoms with Crippen LogP contribution in [0.25, 0.3) is 0 Å². The van der Waals surface area contributed by atoms with Crippen LogP contribution in [0, 0.1) is 5.92 Å². The van der Waals surface area contributed by atoms with E-state index in [2.05, 4.69) is 5.32 Å². The zero-order valence-corrected chi connectivity index (χ0v) is 11.9. The van der Waals surface area contributed by atoms with Crippen LogP contribution in [-0.2, 0) is 6.42 Å². The molecule has 0 amide bonds. The molecule has 2 rings (SSSR count). The topological polar surface area (TPSA) is 30.5 Å². The van der Waals surface area contributed by atoms with Crippen LogP contribution in [0.1, 0.15) is 19.4 Å². The van der Waals surface area contributed by atoms with Crippen LogP contribution in [0.4, 0.5) is 0 Å². The Morgan fingerprint density at radius 1 is 1.39 bits per heavy atom. The highest BCUT2D eigenvalue weighted by Crippen LogP contribution is 2.37. The van der Waals surface area contributed by atoms with Gasteiger partial charge in [0.25, 0.3) is 0 Å². The molecule has 3 nitrogen and oxygen atoms in total. The van der Waals surface area contributed by atoms with Gasteiger partial charge in [-0.05, 0) is 57.0 Å². The standard InChI is InChI=1S/C14H20ClNO2/c1-9(2)18-14-12(15)5-10(6-13(14)17-3)4-11-7-16-8-11/h5-6,9,11,16H,4,7-8H2,1-3H3. The van der Waals surface area contributed by atoms with Crippen molar-refractivity contribution in [1.29, 1.82) is 0 Å². The molecule has 18 heavy (non-hydrogen) atoms. The normalized spacial score (nSPS) is 15.6. The Kier molecular flexibility index (Phi) is 4.36. The van der Waals surface area contributed by atoms with E-state index in [0.717, 1.165) is 25.3 Å². The van der Waals surface area contributed by atoms with E-state index in [-0.39, 0.29) is 6.10 Å². The first-order valence-electron chi connectivity index (χ1n) is 6.34. The second-order valence-electron chi connectivity index (χ2n) is 5.00. The fourth-order valence-electron chi connectivity index (χ4n) is 2.07. The summed E-state index contributed by atoms with van der Waals surface area (Å²) in [7, 11) is 1.65. The van der Waals surface area contributed by atoms with Crippen molar-refractivity contribution in [2.75, 3.05) is 20.2 Å². The molecular formula is C14H20ClNO2. The molecule has 0 spiro atoms. The lowest BCUT2D eigenvalue weighted by Crippen LogP contribution is -2.43. The molecule has 1 aliphatic rings. The van der Waals surface area contributed by atoms with E-state index in [0.29, 0.717) is 16.7 Å². The van der Waals surface area contributed by atoms with Crippen molar-refractivity contribution < 1.29 is 9.47 Å². The SMILES string of the molecule is COc1cc(CC2CNC2)cc(Cl)c1OC(C)C. The van der Waals surface area contributed by atoms with Gasteiger partial charge < -0.3 is 14.8 Å². The molecule has 0 atom stereocenters. The Hall–Kier alpha value is -0.930. The summed E-state index contributed by atoms with van der Waals surface area (Å²) in [5.74, 6) is 2.07. The Morgan fingerprint density at radius 2 is 2.11 bits per heavy atom. The second kappa shape index (κ2) is 5.81. The quantitative estimate of drug-likeness (QED) is 0.892. The number of ether oxygens (including phenoxy) is 2. The van der Waals surface area contributed by atoms with Gasteiger partial charge in [0.1, 0.15) is 0 Å². The summed E-state index contributed by atoms with van der Waals surface area (Å²) in [6.07, 6.45) is 1.11. The number of halogens is 1. The third-order valence-electron chi connectivity index (χ3n) is 3.03. The Balaban J connectivity index is 2.20. The maximum Gasteiger partial charge on any atom is 0.180 e. The van der Waals surface area contributed by atoms with E-state index in [1.54, 1.807) is 7.11 Å². The minimum Gasteiger partial charge on any atom is -0.493 e. The minimum absolute atomic E-state index is 0.0816. The van der Waals surface area contributed by atoms with Crippen molar-refractivity contribution >= 4 is 11.6 Å². The largest absolute Gasteiger partial charge is 0.493 e. The Bertz CT molecular complexity index is 417. The van der Waals surface area contributed by atoms with E-state index in [1.807, 2.05) is 26.0 Å². The average Bonchev–Trinajstić information content (AvgIpc) is 2.26. The van der Waals surface area contributed by atoms with Crippen LogP contribution in [-0.4, -0.2) is 26.3 Å². The summed E-state index contributed by atoms with van der Waals surface area (Å²) in [5.41, 5.74) is 1.21. The molecule has 1 aromatic rings. The van der Waals surface area contributed by atoms with Crippen molar-refractivity contribution in [3.63, 3.8) is 0 Å². The minimum atomic E-state index is 0.0816. The van der Waals surface area contributed by atoms with Crippen LogP contribution in [0.5, 0.6) is 11.5 Å². The predicted octanol–water partition coefficient (Wildman–Crippen LogP) is 2.90. The van der Waals surface area contributed by atoms with Gasteiger partial charge in [0.05, 0.1) is 18.2 Å². The summed E-state index contributed by atoms with van der Waals surface area (Å²) in [6.45, 7) is 6.13. The summed E-state index contributed by atoms with van der Waals surface area (Å²) < 4.78 is 11.1. The van der Waals surface area contributed by atoms with Crippen molar-refractivity contribution in [2.24, 2.45) is 5.92 Å². The van der Waals surface area contributed by atoms with E-state index in [4.69, 9.17) is 21.1 Å². The molecule has 0 unspecified atom stereocenters. The second-order valence-corrected chi connectivity index (χ2v) is 5.41. The average molecular weight is 270 g/mol. The molecule has 1 saturated heterocycles. The Labute approximate surface area is 113 Å². The van der Waals surface area contributed by atoms with Crippen molar-refractivity contribution in [2.45, 2.75) is 26.4 Å². The lowest BCUT2D eigenvalue weighted by Gasteiger charge is -2.27.